The molecule has 3 aromatic rings. The first-order valence-corrected chi connectivity index (χ1v) is 6.36. The van der Waals surface area contributed by atoms with E-state index in [9.17, 15) is 9.90 Å². The molecule has 3 rings (SSSR count). The van der Waals surface area contributed by atoms with Crippen LogP contribution in [0.5, 0.6) is 5.75 Å². The van der Waals surface area contributed by atoms with E-state index in [1.165, 1.54) is 12.1 Å². The number of para-hydroxylation sites is 1. The third-order valence-corrected chi connectivity index (χ3v) is 3.38. The number of fused-ring (bicyclic) bond motifs is 1. The van der Waals surface area contributed by atoms with Gasteiger partial charge in [-0.25, -0.2) is 4.98 Å². The van der Waals surface area contributed by atoms with Gasteiger partial charge in [-0.15, -0.1) is 0 Å². The summed E-state index contributed by atoms with van der Waals surface area (Å²) in [5.41, 5.74) is 2.23. The van der Waals surface area contributed by atoms with Crippen LogP contribution in [0.15, 0.2) is 47.3 Å². The van der Waals surface area contributed by atoms with Crippen LogP contribution in [-0.4, -0.2) is 14.7 Å². The van der Waals surface area contributed by atoms with Crippen molar-refractivity contribution in [1.29, 1.82) is 0 Å². The van der Waals surface area contributed by atoms with Gasteiger partial charge in [-0.05, 0) is 37.6 Å². The number of aryl methyl sites for hydroxylation is 2. The fourth-order valence-electron chi connectivity index (χ4n) is 2.38. The summed E-state index contributed by atoms with van der Waals surface area (Å²) in [7, 11) is 0. The van der Waals surface area contributed by atoms with Crippen LogP contribution in [0.1, 0.15) is 11.4 Å². The molecule has 0 saturated carbocycles. The van der Waals surface area contributed by atoms with E-state index < -0.39 is 0 Å². The Kier molecular flexibility index (Phi) is 2.79. The normalized spacial score (nSPS) is 10.9. The maximum absolute atomic E-state index is 12.7. The van der Waals surface area contributed by atoms with Crippen LogP contribution in [0.4, 0.5) is 0 Å². The van der Waals surface area contributed by atoms with Gasteiger partial charge in [-0.2, -0.15) is 0 Å². The van der Waals surface area contributed by atoms with Gasteiger partial charge in [0.15, 0.2) is 0 Å². The average molecular weight is 266 g/mol. The highest BCUT2D eigenvalue weighted by atomic mass is 16.3. The van der Waals surface area contributed by atoms with Gasteiger partial charge in [0.1, 0.15) is 11.6 Å². The Hall–Kier alpha value is -2.62. The highest BCUT2D eigenvalue weighted by molar-refractivity contribution is 5.79. The molecule has 4 nitrogen and oxygen atoms in total. The summed E-state index contributed by atoms with van der Waals surface area (Å²) in [6, 6.07) is 12.3. The SMILES string of the molecule is Cc1ccccc1-n1c(C)nc2cc(O)ccc2c1=O. The molecule has 100 valence electrons. The lowest BCUT2D eigenvalue weighted by molar-refractivity contribution is 0.476. The minimum absolute atomic E-state index is 0.109. The summed E-state index contributed by atoms with van der Waals surface area (Å²) in [4.78, 5) is 17.1. The second kappa shape index (κ2) is 4.49. The number of hydrogen-bond donors (Lipinski definition) is 1. The van der Waals surface area contributed by atoms with E-state index >= 15 is 0 Å². The zero-order valence-electron chi connectivity index (χ0n) is 11.3. The number of rotatable bonds is 1. The molecular weight excluding hydrogens is 252 g/mol. The van der Waals surface area contributed by atoms with Crippen molar-refractivity contribution < 1.29 is 5.11 Å². The molecule has 0 aliphatic rings. The molecule has 0 atom stereocenters. The van der Waals surface area contributed by atoms with Crippen LogP contribution in [0.2, 0.25) is 0 Å². The van der Waals surface area contributed by atoms with Crippen LogP contribution in [0.25, 0.3) is 16.6 Å². The molecule has 4 heteroatoms. The summed E-state index contributed by atoms with van der Waals surface area (Å²) in [6.45, 7) is 3.75. The third kappa shape index (κ3) is 1.86. The lowest BCUT2D eigenvalue weighted by Gasteiger charge is -2.13. The van der Waals surface area contributed by atoms with Crippen LogP contribution in [0, 0.1) is 13.8 Å². The minimum Gasteiger partial charge on any atom is -0.508 e. The Balaban J connectivity index is 2.41. The zero-order chi connectivity index (χ0) is 14.3. The van der Waals surface area contributed by atoms with Gasteiger partial charge >= 0.3 is 0 Å². The molecule has 0 radical (unpaired) electrons. The number of benzene rings is 2. The standard InChI is InChI=1S/C16H14N2O2/c1-10-5-3-4-6-15(10)18-11(2)17-14-9-12(19)7-8-13(14)16(18)20/h3-9,19H,1-2H3. The highest BCUT2D eigenvalue weighted by Gasteiger charge is 2.11. The molecular formula is C16H14N2O2. The predicted octanol–water partition coefficient (Wildman–Crippen LogP) is 2.71. The van der Waals surface area contributed by atoms with Gasteiger partial charge in [0, 0.05) is 6.07 Å². The van der Waals surface area contributed by atoms with E-state index in [0.29, 0.717) is 16.7 Å². The summed E-state index contributed by atoms with van der Waals surface area (Å²) in [5, 5.41) is 9.99. The molecule has 1 aromatic heterocycles. The van der Waals surface area contributed by atoms with E-state index in [0.717, 1.165) is 11.3 Å². The molecule has 0 bridgehead atoms. The van der Waals surface area contributed by atoms with E-state index in [-0.39, 0.29) is 11.3 Å². The van der Waals surface area contributed by atoms with Crippen molar-refractivity contribution in [2.24, 2.45) is 0 Å². The summed E-state index contributed by atoms with van der Waals surface area (Å²) >= 11 is 0. The predicted molar refractivity (Wildman–Crippen MR) is 78.5 cm³/mol. The Morgan fingerprint density at radius 3 is 2.60 bits per heavy atom. The Morgan fingerprint density at radius 2 is 1.85 bits per heavy atom. The second-order valence-electron chi connectivity index (χ2n) is 4.79. The Bertz CT molecular complexity index is 866. The molecule has 0 fully saturated rings. The van der Waals surface area contributed by atoms with Crippen molar-refractivity contribution in [3.8, 4) is 11.4 Å². The first-order valence-electron chi connectivity index (χ1n) is 6.36. The number of phenolic OH excluding ortho intramolecular Hbond substituents is 1. The number of phenols is 1. The molecule has 0 saturated heterocycles. The van der Waals surface area contributed by atoms with Crippen LogP contribution < -0.4 is 5.56 Å². The van der Waals surface area contributed by atoms with Gasteiger partial charge in [-0.3, -0.25) is 9.36 Å². The fourth-order valence-corrected chi connectivity index (χ4v) is 2.38. The quantitative estimate of drug-likeness (QED) is 0.736. The van der Waals surface area contributed by atoms with Crippen LogP contribution in [-0.2, 0) is 0 Å². The average Bonchev–Trinajstić information content (AvgIpc) is 2.40. The third-order valence-electron chi connectivity index (χ3n) is 3.38. The maximum atomic E-state index is 12.7. The number of nitrogens with zero attached hydrogens (tertiary/aromatic N) is 2. The van der Waals surface area contributed by atoms with E-state index in [2.05, 4.69) is 4.98 Å². The molecule has 20 heavy (non-hydrogen) atoms. The van der Waals surface area contributed by atoms with E-state index in [1.54, 1.807) is 17.6 Å². The maximum Gasteiger partial charge on any atom is 0.265 e. The van der Waals surface area contributed by atoms with E-state index in [4.69, 9.17) is 0 Å². The Labute approximate surface area is 116 Å². The largest absolute Gasteiger partial charge is 0.508 e. The van der Waals surface area contributed by atoms with Gasteiger partial charge in [-0.1, -0.05) is 18.2 Å². The van der Waals surface area contributed by atoms with Crippen molar-refractivity contribution in [2.75, 3.05) is 0 Å². The molecule has 0 aliphatic carbocycles. The number of aromatic hydroxyl groups is 1. The molecule has 0 aliphatic heterocycles. The minimum atomic E-state index is -0.123. The fraction of sp³-hybridized carbons (Fsp3) is 0.125. The molecule has 0 amide bonds. The topological polar surface area (TPSA) is 55.1 Å². The van der Waals surface area contributed by atoms with Crippen molar-refractivity contribution in [3.05, 3.63) is 64.2 Å². The highest BCUT2D eigenvalue weighted by Crippen LogP contribution is 2.18. The lowest BCUT2D eigenvalue weighted by atomic mass is 10.2. The van der Waals surface area contributed by atoms with Gasteiger partial charge in [0.25, 0.3) is 5.56 Å². The van der Waals surface area contributed by atoms with Crippen molar-refractivity contribution >= 4 is 10.9 Å². The van der Waals surface area contributed by atoms with Gasteiger partial charge in [0.05, 0.1) is 16.6 Å². The monoisotopic (exact) mass is 266 g/mol. The smallest absolute Gasteiger partial charge is 0.265 e. The van der Waals surface area contributed by atoms with E-state index in [1.807, 2.05) is 31.2 Å². The van der Waals surface area contributed by atoms with Gasteiger partial charge in [0.2, 0.25) is 0 Å². The first-order chi connectivity index (χ1) is 9.58. The molecule has 0 spiro atoms. The number of hydrogen-bond acceptors (Lipinski definition) is 3. The number of aromatic nitrogens is 2. The molecule has 2 aromatic carbocycles. The molecule has 1 heterocycles. The first kappa shape index (κ1) is 12.4. The van der Waals surface area contributed by atoms with Gasteiger partial charge < -0.3 is 5.11 Å². The summed E-state index contributed by atoms with van der Waals surface area (Å²) in [6.07, 6.45) is 0. The van der Waals surface area contributed by atoms with Crippen molar-refractivity contribution in [3.63, 3.8) is 0 Å². The lowest BCUT2D eigenvalue weighted by Crippen LogP contribution is -2.22. The zero-order valence-corrected chi connectivity index (χ0v) is 11.3. The summed E-state index contributed by atoms with van der Waals surface area (Å²) < 4.78 is 1.61. The Morgan fingerprint density at radius 1 is 1.10 bits per heavy atom. The van der Waals surface area contributed by atoms with Crippen LogP contribution >= 0.6 is 0 Å². The van der Waals surface area contributed by atoms with Crippen molar-refractivity contribution in [2.45, 2.75) is 13.8 Å². The molecule has 0 unspecified atom stereocenters. The van der Waals surface area contributed by atoms with Crippen LogP contribution in [0.3, 0.4) is 0 Å². The summed E-state index contributed by atoms with van der Waals surface area (Å²) in [5.74, 6) is 0.708. The van der Waals surface area contributed by atoms with Crippen molar-refractivity contribution in [1.82, 2.24) is 9.55 Å². The molecule has 1 N–H and O–H groups in total. The second-order valence-corrected chi connectivity index (χ2v) is 4.79.